The molecule has 1 N–H and O–H groups in total. The lowest BCUT2D eigenvalue weighted by molar-refractivity contribution is 0.0906. The van der Waals surface area contributed by atoms with Gasteiger partial charge in [-0.15, -0.1) is 0 Å². The van der Waals surface area contributed by atoms with Crippen molar-refractivity contribution < 1.29 is 22.7 Å². The molecule has 1 saturated heterocycles. The largest absolute Gasteiger partial charge is 0.378 e. The molecule has 0 radical (unpaired) electrons. The Morgan fingerprint density at radius 1 is 1.32 bits per heavy atom. The summed E-state index contributed by atoms with van der Waals surface area (Å²) in [5.41, 5.74) is -0.233. The van der Waals surface area contributed by atoms with Crippen LogP contribution in [0.4, 0.5) is 13.2 Å². The van der Waals surface area contributed by atoms with Gasteiger partial charge in [0.15, 0.2) is 17.5 Å². The van der Waals surface area contributed by atoms with E-state index in [1.165, 1.54) is 0 Å². The van der Waals surface area contributed by atoms with Crippen molar-refractivity contribution in [2.24, 2.45) is 0 Å². The molecule has 1 aliphatic rings. The first-order valence-corrected chi connectivity index (χ1v) is 6.12. The van der Waals surface area contributed by atoms with Gasteiger partial charge in [0.1, 0.15) is 0 Å². The van der Waals surface area contributed by atoms with Crippen molar-refractivity contribution in [3.63, 3.8) is 0 Å². The summed E-state index contributed by atoms with van der Waals surface area (Å²) >= 11 is 0. The molecule has 1 aromatic rings. The number of halogens is 3. The molecule has 1 heterocycles. The minimum absolute atomic E-state index is 0.127. The van der Waals surface area contributed by atoms with Crippen molar-refractivity contribution in [1.82, 2.24) is 5.32 Å². The van der Waals surface area contributed by atoms with Gasteiger partial charge in [0.25, 0.3) is 5.91 Å². The molecular weight excluding hydrogens is 259 g/mol. The summed E-state index contributed by atoms with van der Waals surface area (Å²) in [5, 5.41) is 2.53. The summed E-state index contributed by atoms with van der Waals surface area (Å²) in [6.07, 6.45) is 2.74. The van der Waals surface area contributed by atoms with Crippen molar-refractivity contribution in [3.05, 3.63) is 35.1 Å². The van der Waals surface area contributed by atoms with Crippen LogP contribution in [0, 0.1) is 17.5 Å². The number of rotatable bonds is 4. The molecule has 1 unspecified atom stereocenters. The van der Waals surface area contributed by atoms with Crippen LogP contribution in [0.25, 0.3) is 0 Å². The SMILES string of the molecule is O=C(NCCC1CCCO1)c1cc(F)c(F)c(F)c1. The Kier molecular flexibility index (Phi) is 4.42. The third-order valence-electron chi connectivity index (χ3n) is 3.02. The van der Waals surface area contributed by atoms with Crippen LogP contribution in [0.2, 0.25) is 0 Å². The van der Waals surface area contributed by atoms with Gasteiger partial charge in [-0.2, -0.15) is 0 Å². The summed E-state index contributed by atoms with van der Waals surface area (Å²) in [7, 11) is 0. The number of hydrogen-bond acceptors (Lipinski definition) is 2. The Hall–Kier alpha value is -1.56. The first-order chi connectivity index (χ1) is 9.08. The zero-order chi connectivity index (χ0) is 13.8. The molecular formula is C13H14F3NO2. The van der Waals surface area contributed by atoms with Crippen molar-refractivity contribution in [3.8, 4) is 0 Å². The number of carbonyl (C=O) groups is 1. The highest BCUT2D eigenvalue weighted by Gasteiger charge is 2.17. The lowest BCUT2D eigenvalue weighted by atomic mass is 10.1. The third kappa shape index (κ3) is 3.47. The van der Waals surface area contributed by atoms with Gasteiger partial charge < -0.3 is 10.1 Å². The quantitative estimate of drug-likeness (QED) is 0.855. The molecule has 0 aliphatic carbocycles. The van der Waals surface area contributed by atoms with Gasteiger partial charge in [-0.25, -0.2) is 13.2 Å². The van der Waals surface area contributed by atoms with Crippen LogP contribution in [0.15, 0.2) is 12.1 Å². The molecule has 0 aromatic heterocycles. The van der Waals surface area contributed by atoms with E-state index >= 15 is 0 Å². The molecule has 1 aromatic carbocycles. The van der Waals surface area contributed by atoms with Crippen molar-refractivity contribution in [1.29, 1.82) is 0 Å². The maximum Gasteiger partial charge on any atom is 0.251 e. The molecule has 1 amide bonds. The number of amides is 1. The second kappa shape index (κ2) is 6.06. The molecule has 2 rings (SSSR count). The maximum absolute atomic E-state index is 13.0. The highest BCUT2D eigenvalue weighted by Crippen LogP contribution is 2.15. The summed E-state index contributed by atoms with van der Waals surface area (Å²) in [4.78, 5) is 11.6. The van der Waals surface area contributed by atoms with E-state index in [0.29, 0.717) is 25.1 Å². The van der Waals surface area contributed by atoms with Gasteiger partial charge in [0.2, 0.25) is 0 Å². The first-order valence-electron chi connectivity index (χ1n) is 6.12. The highest BCUT2D eigenvalue weighted by atomic mass is 19.2. The van der Waals surface area contributed by atoms with E-state index in [4.69, 9.17) is 4.74 Å². The van der Waals surface area contributed by atoms with Gasteiger partial charge in [0, 0.05) is 18.7 Å². The van der Waals surface area contributed by atoms with E-state index in [2.05, 4.69) is 5.32 Å². The number of carbonyl (C=O) groups excluding carboxylic acids is 1. The van der Waals surface area contributed by atoms with Crippen LogP contribution in [0.5, 0.6) is 0 Å². The van der Waals surface area contributed by atoms with Crippen LogP contribution in [-0.4, -0.2) is 25.2 Å². The topological polar surface area (TPSA) is 38.3 Å². The lowest BCUT2D eigenvalue weighted by Crippen LogP contribution is -2.27. The molecule has 3 nitrogen and oxygen atoms in total. The van der Waals surface area contributed by atoms with Crippen LogP contribution in [0.1, 0.15) is 29.6 Å². The van der Waals surface area contributed by atoms with Crippen molar-refractivity contribution in [2.45, 2.75) is 25.4 Å². The van der Waals surface area contributed by atoms with Gasteiger partial charge in [-0.3, -0.25) is 4.79 Å². The molecule has 0 bridgehead atoms. The second-order valence-corrected chi connectivity index (χ2v) is 4.43. The average molecular weight is 273 g/mol. The van der Waals surface area contributed by atoms with Crippen LogP contribution < -0.4 is 5.32 Å². The molecule has 1 aliphatic heterocycles. The van der Waals surface area contributed by atoms with E-state index in [1.807, 2.05) is 0 Å². The van der Waals surface area contributed by atoms with Gasteiger partial charge >= 0.3 is 0 Å². The van der Waals surface area contributed by atoms with Crippen LogP contribution in [0.3, 0.4) is 0 Å². The van der Waals surface area contributed by atoms with E-state index in [1.54, 1.807) is 0 Å². The fraction of sp³-hybridized carbons (Fsp3) is 0.462. The first kappa shape index (κ1) is 13.9. The van der Waals surface area contributed by atoms with E-state index < -0.39 is 23.4 Å². The monoisotopic (exact) mass is 273 g/mol. The normalized spacial score (nSPS) is 18.6. The Labute approximate surface area is 108 Å². The van der Waals surface area contributed by atoms with Gasteiger partial charge in [-0.1, -0.05) is 0 Å². The van der Waals surface area contributed by atoms with Gasteiger partial charge in [0.05, 0.1) is 6.10 Å². The number of benzene rings is 1. The average Bonchev–Trinajstić information content (AvgIpc) is 2.88. The highest BCUT2D eigenvalue weighted by molar-refractivity contribution is 5.94. The number of ether oxygens (including phenoxy) is 1. The predicted octanol–water partition coefficient (Wildman–Crippen LogP) is 2.40. The number of nitrogens with one attached hydrogen (secondary N) is 1. The second-order valence-electron chi connectivity index (χ2n) is 4.43. The summed E-state index contributed by atoms with van der Waals surface area (Å²) < 4.78 is 44.0. The maximum atomic E-state index is 13.0. The standard InChI is InChI=1S/C13H14F3NO2/c14-10-6-8(7-11(15)12(10)16)13(18)17-4-3-9-2-1-5-19-9/h6-7,9H,1-5H2,(H,17,18). The van der Waals surface area contributed by atoms with E-state index in [0.717, 1.165) is 19.4 Å². The molecule has 1 fully saturated rings. The van der Waals surface area contributed by atoms with Crippen molar-refractivity contribution in [2.75, 3.05) is 13.2 Å². The van der Waals surface area contributed by atoms with Crippen LogP contribution >= 0.6 is 0 Å². The molecule has 19 heavy (non-hydrogen) atoms. The molecule has 104 valence electrons. The van der Waals surface area contributed by atoms with Crippen molar-refractivity contribution >= 4 is 5.91 Å². The summed E-state index contributed by atoms with van der Waals surface area (Å²) in [5.74, 6) is -4.94. The third-order valence-corrected chi connectivity index (χ3v) is 3.02. The van der Waals surface area contributed by atoms with E-state index in [-0.39, 0.29) is 11.7 Å². The fourth-order valence-electron chi connectivity index (χ4n) is 2.01. The Bertz CT molecular complexity index is 450. The minimum atomic E-state index is -1.57. The zero-order valence-electron chi connectivity index (χ0n) is 10.2. The summed E-state index contributed by atoms with van der Waals surface area (Å²) in [6, 6.07) is 1.36. The smallest absolute Gasteiger partial charge is 0.251 e. The molecule has 0 spiro atoms. The molecule has 1 atom stereocenters. The van der Waals surface area contributed by atoms with E-state index in [9.17, 15) is 18.0 Å². The Morgan fingerprint density at radius 2 is 2.00 bits per heavy atom. The Morgan fingerprint density at radius 3 is 2.58 bits per heavy atom. The molecule has 6 heteroatoms. The Balaban J connectivity index is 1.88. The zero-order valence-corrected chi connectivity index (χ0v) is 10.2. The summed E-state index contributed by atoms with van der Waals surface area (Å²) in [6.45, 7) is 1.08. The van der Waals surface area contributed by atoms with Gasteiger partial charge in [-0.05, 0) is 31.4 Å². The number of hydrogen-bond donors (Lipinski definition) is 1. The predicted molar refractivity (Wildman–Crippen MR) is 62.2 cm³/mol. The fourth-order valence-corrected chi connectivity index (χ4v) is 2.01. The van der Waals surface area contributed by atoms with Crippen LogP contribution in [-0.2, 0) is 4.74 Å². The minimum Gasteiger partial charge on any atom is -0.378 e. The molecule has 0 saturated carbocycles. The lowest BCUT2D eigenvalue weighted by Gasteiger charge is -2.10.